The number of hydrogen-bond donors (Lipinski definition) is 2. The van der Waals surface area contributed by atoms with E-state index in [-0.39, 0.29) is 19.5 Å². The molecule has 4 rings (SSSR count). The number of aromatic amines is 2. The van der Waals surface area contributed by atoms with Gasteiger partial charge in [-0.15, -0.1) is 17.8 Å². The van der Waals surface area contributed by atoms with Crippen LogP contribution < -0.4 is 16.0 Å². The van der Waals surface area contributed by atoms with Crippen molar-refractivity contribution < 1.29 is 24.2 Å². The molecule has 0 unspecified atom stereocenters. The van der Waals surface area contributed by atoms with Crippen molar-refractivity contribution in [3.05, 3.63) is 81.8 Å². The molecule has 2 heterocycles. The van der Waals surface area contributed by atoms with Crippen LogP contribution in [0.2, 0.25) is 0 Å². The molecule has 2 aromatic heterocycles. The van der Waals surface area contributed by atoms with Crippen LogP contribution in [0.1, 0.15) is 0 Å². The number of benzene rings is 2. The number of hydrogen-bond acceptors (Lipinski definition) is 4. The van der Waals surface area contributed by atoms with Gasteiger partial charge in [0.05, 0.1) is 5.69 Å². The Labute approximate surface area is 154 Å². The fourth-order valence-corrected chi connectivity index (χ4v) is 2.36. The third-order valence-corrected chi connectivity index (χ3v) is 3.49. The summed E-state index contributed by atoms with van der Waals surface area (Å²) in [5.41, 5.74) is 0.388. The topological polar surface area (TPSA) is 92.8 Å². The summed E-state index contributed by atoms with van der Waals surface area (Å²) in [6.07, 6.45) is 3.97. The summed E-state index contributed by atoms with van der Waals surface area (Å²) in [6.45, 7) is 0. The van der Waals surface area contributed by atoms with Crippen molar-refractivity contribution in [2.75, 3.05) is 0 Å². The third-order valence-electron chi connectivity index (χ3n) is 3.49. The van der Waals surface area contributed by atoms with Gasteiger partial charge in [0, 0.05) is 0 Å². The molecule has 0 fully saturated rings. The van der Waals surface area contributed by atoms with Crippen LogP contribution in [0.15, 0.2) is 64.3 Å². The van der Waals surface area contributed by atoms with E-state index in [1.807, 2.05) is 24.3 Å². The van der Waals surface area contributed by atoms with Crippen LogP contribution in [0.4, 0.5) is 0 Å². The molecule has 25 heavy (non-hydrogen) atoms. The van der Waals surface area contributed by atoms with E-state index in [1.54, 1.807) is 24.3 Å². The van der Waals surface area contributed by atoms with Crippen LogP contribution in [0.25, 0.3) is 16.6 Å². The summed E-state index contributed by atoms with van der Waals surface area (Å²) in [6, 6.07) is 14.3. The Hall–Kier alpha value is -2.99. The van der Waals surface area contributed by atoms with Crippen molar-refractivity contribution in [2.45, 2.75) is 0 Å². The number of fused-ring (bicyclic) bond motifs is 1. The Morgan fingerprint density at radius 1 is 1.04 bits per heavy atom. The average Bonchev–Trinajstić information content (AvgIpc) is 3.04. The molecule has 0 saturated heterocycles. The van der Waals surface area contributed by atoms with Crippen LogP contribution in [0, 0.1) is 6.20 Å². The number of ether oxygens (including phenoxy) is 1. The zero-order valence-electron chi connectivity index (χ0n) is 12.6. The molecule has 0 amide bonds. The molecule has 0 aliphatic carbocycles. The first-order valence-corrected chi connectivity index (χ1v) is 7.15. The van der Waals surface area contributed by atoms with Gasteiger partial charge in [0.25, 0.3) is 5.56 Å². The van der Waals surface area contributed by atoms with Crippen LogP contribution in [-0.2, 0) is 19.5 Å². The van der Waals surface area contributed by atoms with Gasteiger partial charge >= 0.3 is 25.2 Å². The minimum atomic E-state index is -0.592. The molecule has 4 aromatic rings. The molecule has 125 valence electrons. The van der Waals surface area contributed by atoms with Crippen LogP contribution >= 0.6 is 0 Å². The van der Waals surface area contributed by atoms with E-state index in [4.69, 9.17) is 4.74 Å². The van der Waals surface area contributed by atoms with E-state index >= 15 is 0 Å². The van der Waals surface area contributed by atoms with Crippen LogP contribution in [-0.4, -0.2) is 19.7 Å². The van der Waals surface area contributed by atoms with Crippen molar-refractivity contribution in [1.82, 2.24) is 19.7 Å². The smallest absolute Gasteiger partial charge is 0.477 e. The Kier molecular flexibility index (Phi) is 4.63. The first-order valence-electron chi connectivity index (χ1n) is 7.15. The molecular weight excluding hydrogens is 411 g/mol. The molecule has 0 aliphatic rings. The summed E-state index contributed by atoms with van der Waals surface area (Å²) in [5.74, 6) is 1.32. The standard InChI is InChI=1S/C17H11N4O3.Rh/c22-16-10-19-21(17(23)20-16)12-1-3-13(4-2-12)24-14-5-6-15-11(9-14)7-8-18-15;/h1-7,9-10,18H,(H,20,22,23);/q-1;+2. The molecule has 7 nitrogen and oxygen atoms in total. The zero-order chi connectivity index (χ0) is 16.5. The first kappa shape index (κ1) is 16.9. The van der Waals surface area contributed by atoms with Gasteiger partial charge in [-0.05, 0) is 30.3 Å². The fraction of sp³-hybridized carbons (Fsp3) is 0. The molecule has 0 saturated carbocycles. The maximum atomic E-state index is 11.7. The van der Waals surface area contributed by atoms with Gasteiger partial charge < -0.3 is 9.72 Å². The first-order chi connectivity index (χ1) is 11.7. The average molecular weight is 422 g/mol. The van der Waals surface area contributed by atoms with Crippen LogP contribution in [0.3, 0.4) is 0 Å². The van der Waals surface area contributed by atoms with E-state index in [0.29, 0.717) is 17.2 Å². The molecule has 8 heteroatoms. The Morgan fingerprint density at radius 3 is 2.56 bits per heavy atom. The second-order valence-corrected chi connectivity index (χ2v) is 5.11. The minimum Gasteiger partial charge on any atom is -0.477 e. The number of aromatic nitrogens is 4. The van der Waals surface area contributed by atoms with Crippen molar-refractivity contribution >= 4 is 10.9 Å². The van der Waals surface area contributed by atoms with Gasteiger partial charge in [-0.3, -0.25) is 9.78 Å². The van der Waals surface area contributed by atoms with E-state index in [9.17, 15) is 9.59 Å². The van der Waals surface area contributed by atoms with Gasteiger partial charge in [0.1, 0.15) is 17.7 Å². The second kappa shape index (κ2) is 6.87. The normalized spacial score (nSPS) is 10.4. The maximum absolute atomic E-state index is 11.7. The number of rotatable bonds is 3. The summed E-state index contributed by atoms with van der Waals surface area (Å²) in [5, 5.41) is 4.81. The second-order valence-electron chi connectivity index (χ2n) is 5.11. The van der Waals surface area contributed by atoms with E-state index in [1.165, 1.54) is 0 Å². The van der Waals surface area contributed by atoms with E-state index in [2.05, 4.69) is 21.3 Å². The summed E-state index contributed by atoms with van der Waals surface area (Å²) in [4.78, 5) is 27.9. The van der Waals surface area contributed by atoms with E-state index < -0.39 is 11.2 Å². The zero-order valence-corrected chi connectivity index (χ0v) is 14.3. The summed E-state index contributed by atoms with van der Waals surface area (Å²) < 4.78 is 6.91. The monoisotopic (exact) mass is 422 g/mol. The van der Waals surface area contributed by atoms with Gasteiger partial charge in [0.2, 0.25) is 0 Å². The Bertz CT molecular complexity index is 1130. The van der Waals surface area contributed by atoms with Crippen LogP contribution in [0.5, 0.6) is 11.5 Å². The maximum Gasteiger partial charge on any atom is 2.00 e. The molecule has 2 N–H and O–H groups in total. The molecule has 0 bridgehead atoms. The van der Waals surface area contributed by atoms with Crippen molar-refractivity contribution in [3.8, 4) is 17.2 Å². The van der Waals surface area contributed by atoms with Gasteiger partial charge in [-0.25, -0.2) is 4.79 Å². The number of nitrogens with zero attached hydrogens (tertiary/aromatic N) is 2. The van der Waals surface area contributed by atoms with Gasteiger partial charge in [-0.1, -0.05) is 6.07 Å². The SMILES string of the molecule is O=c1cnn(-c2ccc(Oc3ccc4[nH][c-]cc4c3)cc2)c(=O)[nH]1.[Rh+2]. The Morgan fingerprint density at radius 2 is 1.80 bits per heavy atom. The molecular formula is C17H11N4O3Rh+. The van der Waals surface area contributed by atoms with Crippen molar-refractivity contribution in [1.29, 1.82) is 0 Å². The molecule has 0 spiro atoms. The van der Waals surface area contributed by atoms with Crippen molar-refractivity contribution in [3.63, 3.8) is 0 Å². The Balaban J connectivity index is 0.00000182. The molecule has 2 aromatic carbocycles. The van der Waals surface area contributed by atoms with Gasteiger partial charge in [0.15, 0.2) is 0 Å². The van der Waals surface area contributed by atoms with Crippen molar-refractivity contribution in [2.24, 2.45) is 0 Å². The molecule has 0 atom stereocenters. The quantitative estimate of drug-likeness (QED) is 0.390. The number of H-pyrrole nitrogens is 2. The molecule has 0 aliphatic heterocycles. The van der Waals surface area contributed by atoms with Gasteiger partial charge in [-0.2, -0.15) is 21.2 Å². The molecule has 1 radical (unpaired) electrons. The largest absolute Gasteiger partial charge is 2.00 e. The third kappa shape index (κ3) is 3.44. The fourth-order valence-electron chi connectivity index (χ4n) is 2.36. The summed E-state index contributed by atoms with van der Waals surface area (Å²) in [7, 11) is 0. The summed E-state index contributed by atoms with van der Waals surface area (Å²) >= 11 is 0. The minimum absolute atomic E-state index is 0. The number of nitrogens with one attached hydrogen (secondary N) is 2. The van der Waals surface area contributed by atoms with E-state index in [0.717, 1.165) is 21.8 Å². The predicted molar refractivity (Wildman–Crippen MR) is 87.7 cm³/mol. The predicted octanol–water partition coefficient (Wildman–Crippen LogP) is 1.99.